The van der Waals surface area contributed by atoms with Crippen molar-refractivity contribution < 1.29 is 9.53 Å². The average Bonchev–Trinajstić information content (AvgIpc) is 2.70. The third-order valence-corrected chi connectivity index (χ3v) is 5.35. The second-order valence-electron chi connectivity index (χ2n) is 7.41. The number of ether oxygens (including phenoxy) is 1. The first-order valence-electron chi connectivity index (χ1n) is 10.2. The molecule has 0 bridgehead atoms. The van der Waals surface area contributed by atoms with Crippen LogP contribution in [0.2, 0.25) is 0 Å². The van der Waals surface area contributed by atoms with Crippen LogP contribution in [0.1, 0.15) is 50.5 Å². The number of benzene rings is 1. The molecule has 1 fully saturated rings. The van der Waals surface area contributed by atoms with E-state index in [9.17, 15) is 4.79 Å². The first-order chi connectivity index (χ1) is 12.8. The fourth-order valence-electron chi connectivity index (χ4n) is 3.81. The molecule has 0 radical (unpaired) electrons. The third-order valence-electron chi connectivity index (χ3n) is 5.35. The van der Waals surface area contributed by atoms with Gasteiger partial charge in [-0.2, -0.15) is 0 Å². The quantitative estimate of drug-likeness (QED) is 0.723. The molecule has 0 aromatic heterocycles. The normalized spacial score (nSPS) is 19.2. The second-order valence-corrected chi connectivity index (χ2v) is 7.41. The Bertz CT molecular complexity index is 579. The standard InChI is InChI=1S/C22H32N2O2/c25-22(23-14-7-17-26-21-10-5-2-6-11-21)18-24-15-12-20(13-16-24)19-8-3-1-4-9-19/h1,3-4,8-9,12,21H,2,5-7,10-11,13-18H2,(H,23,25). The van der Waals surface area contributed by atoms with E-state index in [4.69, 9.17) is 4.74 Å². The minimum absolute atomic E-state index is 0.124. The summed E-state index contributed by atoms with van der Waals surface area (Å²) in [5.41, 5.74) is 2.69. The summed E-state index contributed by atoms with van der Waals surface area (Å²) in [6.45, 7) is 3.76. The fraction of sp³-hybridized carbons (Fsp3) is 0.591. The van der Waals surface area contributed by atoms with Crippen molar-refractivity contribution in [1.29, 1.82) is 0 Å². The molecule has 1 aromatic rings. The van der Waals surface area contributed by atoms with Crippen molar-refractivity contribution >= 4 is 11.5 Å². The van der Waals surface area contributed by atoms with Crippen LogP contribution in [0.4, 0.5) is 0 Å². The summed E-state index contributed by atoms with van der Waals surface area (Å²) < 4.78 is 5.90. The summed E-state index contributed by atoms with van der Waals surface area (Å²) in [5.74, 6) is 0.124. The number of nitrogens with zero attached hydrogens (tertiary/aromatic N) is 1. The average molecular weight is 357 g/mol. The minimum atomic E-state index is 0.124. The topological polar surface area (TPSA) is 41.6 Å². The lowest BCUT2D eigenvalue weighted by molar-refractivity contribution is -0.122. The van der Waals surface area contributed by atoms with Crippen molar-refractivity contribution in [1.82, 2.24) is 10.2 Å². The van der Waals surface area contributed by atoms with Crippen LogP contribution in [-0.2, 0) is 9.53 Å². The molecule has 26 heavy (non-hydrogen) atoms. The zero-order chi connectivity index (χ0) is 18.0. The fourth-order valence-corrected chi connectivity index (χ4v) is 3.81. The van der Waals surface area contributed by atoms with Crippen molar-refractivity contribution in [3.63, 3.8) is 0 Å². The molecule has 0 unspecified atom stereocenters. The SMILES string of the molecule is O=C(CN1CC=C(c2ccccc2)CC1)NCCCOC1CCCCC1. The van der Waals surface area contributed by atoms with E-state index < -0.39 is 0 Å². The van der Waals surface area contributed by atoms with Crippen LogP contribution in [0.3, 0.4) is 0 Å². The van der Waals surface area contributed by atoms with Crippen LogP contribution in [0.5, 0.6) is 0 Å². The Morgan fingerprint density at radius 3 is 2.69 bits per heavy atom. The molecular weight excluding hydrogens is 324 g/mol. The van der Waals surface area contributed by atoms with Crippen LogP contribution in [-0.4, -0.2) is 49.7 Å². The number of amides is 1. The summed E-state index contributed by atoms with van der Waals surface area (Å²) in [6, 6.07) is 10.5. The molecule has 142 valence electrons. The lowest BCUT2D eigenvalue weighted by Crippen LogP contribution is -2.39. The summed E-state index contributed by atoms with van der Waals surface area (Å²) in [5, 5.41) is 3.03. The van der Waals surface area contributed by atoms with E-state index in [1.165, 1.54) is 43.2 Å². The Kier molecular flexibility index (Phi) is 7.71. The molecule has 4 heteroatoms. The van der Waals surface area contributed by atoms with Gasteiger partial charge in [-0.25, -0.2) is 0 Å². The number of carbonyl (C=O) groups is 1. The van der Waals surface area contributed by atoms with Gasteiger partial charge in [-0.1, -0.05) is 55.7 Å². The smallest absolute Gasteiger partial charge is 0.234 e. The van der Waals surface area contributed by atoms with Crippen LogP contribution >= 0.6 is 0 Å². The highest BCUT2D eigenvalue weighted by molar-refractivity contribution is 5.78. The Balaban J connectivity index is 1.27. The predicted molar refractivity (Wildman–Crippen MR) is 106 cm³/mol. The Morgan fingerprint density at radius 1 is 1.15 bits per heavy atom. The van der Waals surface area contributed by atoms with E-state index in [1.807, 2.05) is 6.07 Å². The monoisotopic (exact) mass is 356 g/mol. The molecule has 0 saturated heterocycles. The molecule has 1 amide bonds. The Hall–Kier alpha value is -1.65. The molecule has 1 aromatic carbocycles. The van der Waals surface area contributed by atoms with E-state index in [0.29, 0.717) is 19.2 Å². The Morgan fingerprint density at radius 2 is 1.96 bits per heavy atom. The van der Waals surface area contributed by atoms with Gasteiger partial charge in [-0.15, -0.1) is 0 Å². The highest BCUT2D eigenvalue weighted by Crippen LogP contribution is 2.22. The molecule has 1 aliphatic heterocycles. The summed E-state index contributed by atoms with van der Waals surface area (Å²) >= 11 is 0. The van der Waals surface area contributed by atoms with Gasteiger partial charge >= 0.3 is 0 Å². The van der Waals surface area contributed by atoms with E-state index in [2.05, 4.69) is 40.6 Å². The van der Waals surface area contributed by atoms with Crippen molar-refractivity contribution in [3.8, 4) is 0 Å². The molecule has 3 rings (SSSR count). The lowest BCUT2D eigenvalue weighted by atomic mass is 9.98. The number of hydrogen-bond acceptors (Lipinski definition) is 3. The first-order valence-corrected chi connectivity index (χ1v) is 10.2. The number of hydrogen-bond donors (Lipinski definition) is 1. The molecule has 1 N–H and O–H groups in total. The molecule has 1 saturated carbocycles. The molecular formula is C22H32N2O2. The highest BCUT2D eigenvalue weighted by atomic mass is 16.5. The van der Waals surface area contributed by atoms with Crippen LogP contribution in [0.15, 0.2) is 36.4 Å². The van der Waals surface area contributed by atoms with Gasteiger partial charge in [0.05, 0.1) is 12.6 Å². The van der Waals surface area contributed by atoms with Gasteiger partial charge in [0.2, 0.25) is 5.91 Å². The Labute approximate surface area is 157 Å². The van der Waals surface area contributed by atoms with Gasteiger partial charge in [-0.05, 0) is 36.8 Å². The van der Waals surface area contributed by atoms with Gasteiger partial charge in [-0.3, -0.25) is 9.69 Å². The van der Waals surface area contributed by atoms with E-state index in [-0.39, 0.29) is 5.91 Å². The van der Waals surface area contributed by atoms with Crippen LogP contribution in [0.25, 0.3) is 5.57 Å². The summed E-state index contributed by atoms with van der Waals surface area (Å²) in [7, 11) is 0. The van der Waals surface area contributed by atoms with E-state index >= 15 is 0 Å². The number of nitrogens with one attached hydrogen (secondary N) is 1. The second kappa shape index (κ2) is 10.5. The number of carbonyl (C=O) groups excluding carboxylic acids is 1. The summed E-state index contributed by atoms with van der Waals surface area (Å²) in [6.07, 6.45) is 11.0. The van der Waals surface area contributed by atoms with E-state index in [1.54, 1.807) is 0 Å². The molecule has 1 aliphatic carbocycles. The van der Waals surface area contributed by atoms with Gasteiger partial charge in [0.25, 0.3) is 0 Å². The van der Waals surface area contributed by atoms with Crippen LogP contribution < -0.4 is 5.32 Å². The van der Waals surface area contributed by atoms with Crippen molar-refractivity contribution in [2.75, 3.05) is 32.8 Å². The maximum Gasteiger partial charge on any atom is 0.234 e. The third kappa shape index (κ3) is 6.26. The van der Waals surface area contributed by atoms with Gasteiger partial charge in [0.15, 0.2) is 0 Å². The van der Waals surface area contributed by atoms with Crippen molar-refractivity contribution in [2.24, 2.45) is 0 Å². The minimum Gasteiger partial charge on any atom is -0.378 e. The van der Waals surface area contributed by atoms with Crippen LogP contribution in [0, 0.1) is 0 Å². The molecule has 4 nitrogen and oxygen atoms in total. The largest absolute Gasteiger partial charge is 0.378 e. The summed E-state index contributed by atoms with van der Waals surface area (Å²) in [4.78, 5) is 14.3. The number of rotatable bonds is 8. The maximum atomic E-state index is 12.1. The lowest BCUT2D eigenvalue weighted by Gasteiger charge is -2.26. The zero-order valence-corrected chi connectivity index (χ0v) is 15.8. The highest BCUT2D eigenvalue weighted by Gasteiger charge is 2.16. The van der Waals surface area contributed by atoms with Crippen molar-refractivity contribution in [3.05, 3.63) is 42.0 Å². The van der Waals surface area contributed by atoms with Crippen molar-refractivity contribution in [2.45, 2.75) is 51.0 Å². The van der Waals surface area contributed by atoms with Gasteiger partial charge in [0, 0.05) is 26.2 Å². The zero-order valence-electron chi connectivity index (χ0n) is 15.8. The van der Waals surface area contributed by atoms with Gasteiger partial charge in [0.1, 0.15) is 0 Å². The molecule has 0 atom stereocenters. The van der Waals surface area contributed by atoms with Gasteiger partial charge < -0.3 is 10.1 Å². The predicted octanol–water partition coefficient (Wildman–Crippen LogP) is 3.63. The molecule has 0 spiro atoms. The molecule has 1 heterocycles. The first kappa shape index (κ1) is 19.1. The maximum absolute atomic E-state index is 12.1. The molecule has 2 aliphatic rings. The van der Waals surface area contributed by atoms with E-state index in [0.717, 1.165) is 32.5 Å².